The predicted molar refractivity (Wildman–Crippen MR) is 90.0 cm³/mol. The minimum absolute atomic E-state index is 0.0242. The molecule has 7 nitrogen and oxygen atoms in total. The van der Waals surface area contributed by atoms with Gasteiger partial charge in [0.15, 0.2) is 0 Å². The van der Waals surface area contributed by atoms with E-state index >= 15 is 0 Å². The molecule has 0 aromatic heterocycles. The molecule has 0 bridgehead atoms. The minimum atomic E-state index is -0.446. The minimum Gasteiger partial charge on any atom is -0.376 e. The Morgan fingerprint density at radius 2 is 2.21 bits per heavy atom. The van der Waals surface area contributed by atoms with E-state index in [4.69, 9.17) is 10.00 Å². The number of hydrogen-bond donors (Lipinski definition) is 3. The number of ether oxygens (including phenoxy) is 1. The molecule has 0 radical (unpaired) electrons. The van der Waals surface area contributed by atoms with E-state index in [2.05, 4.69) is 16.0 Å². The maximum Gasteiger partial charge on any atom is 0.263 e. The monoisotopic (exact) mass is 328 g/mol. The van der Waals surface area contributed by atoms with E-state index in [-0.39, 0.29) is 17.6 Å². The maximum atomic E-state index is 12.0. The number of nitrogens with one attached hydrogen (secondary N) is 3. The Kier molecular flexibility index (Phi) is 6.34. The molecule has 1 atom stereocenters. The normalized spacial score (nSPS) is 17.0. The summed E-state index contributed by atoms with van der Waals surface area (Å²) < 4.78 is 5.42. The van der Waals surface area contributed by atoms with Gasteiger partial charge < -0.3 is 20.7 Å². The fourth-order valence-electron chi connectivity index (χ4n) is 2.30. The van der Waals surface area contributed by atoms with Gasteiger partial charge in [0.25, 0.3) is 5.91 Å². The van der Waals surface area contributed by atoms with Gasteiger partial charge in [0.1, 0.15) is 11.6 Å². The largest absolute Gasteiger partial charge is 0.376 e. The smallest absolute Gasteiger partial charge is 0.263 e. The number of carbonyl (C=O) groups excluding carboxylic acids is 2. The Morgan fingerprint density at radius 1 is 1.42 bits per heavy atom. The van der Waals surface area contributed by atoms with E-state index in [1.54, 1.807) is 24.3 Å². The summed E-state index contributed by atoms with van der Waals surface area (Å²) in [5, 5.41) is 17.4. The first kappa shape index (κ1) is 17.5. The summed E-state index contributed by atoms with van der Waals surface area (Å²) in [6.45, 7) is 2.54. The molecule has 1 aromatic rings. The molecule has 2 amide bonds. The van der Waals surface area contributed by atoms with Crippen molar-refractivity contribution in [1.29, 1.82) is 5.26 Å². The highest BCUT2D eigenvalue weighted by molar-refractivity contribution is 5.97. The first-order chi connectivity index (χ1) is 11.6. The summed E-state index contributed by atoms with van der Waals surface area (Å²) in [5.74, 6) is -0.618. The number of anilines is 2. The molecule has 1 aromatic carbocycles. The number of hydrogen-bond acceptors (Lipinski definition) is 5. The zero-order chi connectivity index (χ0) is 17.4. The first-order valence-corrected chi connectivity index (χ1v) is 7.72. The summed E-state index contributed by atoms with van der Waals surface area (Å²) in [6, 6.07) is 8.84. The molecule has 1 saturated heterocycles. The molecule has 1 heterocycles. The summed E-state index contributed by atoms with van der Waals surface area (Å²) >= 11 is 0. The van der Waals surface area contributed by atoms with Crippen LogP contribution in [0.15, 0.2) is 36.0 Å². The highest BCUT2D eigenvalue weighted by atomic mass is 16.5. The van der Waals surface area contributed by atoms with Crippen molar-refractivity contribution in [3.63, 3.8) is 0 Å². The highest BCUT2D eigenvalue weighted by Crippen LogP contribution is 2.15. The lowest BCUT2D eigenvalue weighted by Crippen LogP contribution is -2.32. The molecule has 1 aliphatic heterocycles. The van der Waals surface area contributed by atoms with Gasteiger partial charge in [-0.3, -0.25) is 9.59 Å². The van der Waals surface area contributed by atoms with Gasteiger partial charge in [-0.15, -0.1) is 0 Å². The molecule has 24 heavy (non-hydrogen) atoms. The van der Waals surface area contributed by atoms with Gasteiger partial charge >= 0.3 is 0 Å². The van der Waals surface area contributed by atoms with Crippen LogP contribution in [-0.4, -0.2) is 31.1 Å². The standard InChI is InChI=1S/C17H20N4O3/c1-12(22)21-15-5-2-4-14(8-15)19-10-13(9-18)17(23)20-11-16-6-3-7-24-16/h2,4-5,8,10,16,19H,3,6-7,11H2,1H3,(H,20,23)(H,21,22)/b13-10-. The Labute approximate surface area is 140 Å². The van der Waals surface area contributed by atoms with Crippen molar-refractivity contribution >= 4 is 23.2 Å². The summed E-state index contributed by atoms with van der Waals surface area (Å²) in [4.78, 5) is 23.1. The SMILES string of the molecule is CC(=O)Nc1cccc(N/C=C(/C#N)C(=O)NCC2CCCO2)c1. The van der Waals surface area contributed by atoms with Crippen LogP contribution < -0.4 is 16.0 Å². The van der Waals surface area contributed by atoms with E-state index < -0.39 is 5.91 Å². The van der Waals surface area contributed by atoms with Crippen LogP contribution in [0.2, 0.25) is 0 Å². The topological polar surface area (TPSA) is 103 Å². The molecule has 3 N–H and O–H groups in total. The van der Waals surface area contributed by atoms with Crippen LogP contribution in [0, 0.1) is 11.3 Å². The molecule has 0 aliphatic carbocycles. The molecule has 0 saturated carbocycles. The van der Waals surface area contributed by atoms with Crippen molar-refractivity contribution in [2.45, 2.75) is 25.9 Å². The van der Waals surface area contributed by atoms with Crippen molar-refractivity contribution in [2.24, 2.45) is 0 Å². The van der Waals surface area contributed by atoms with Crippen molar-refractivity contribution in [1.82, 2.24) is 5.32 Å². The molecule has 126 valence electrons. The van der Waals surface area contributed by atoms with Crippen LogP contribution in [0.25, 0.3) is 0 Å². The van der Waals surface area contributed by atoms with E-state index in [0.717, 1.165) is 12.8 Å². The Bertz CT molecular complexity index is 673. The van der Waals surface area contributed by atoms with Crippen LogP contribution >= 0.6 is 0 Å². The van der Waals surface area contributed by atoms with Gasteiger partial charge in [0.2, 0.25) is 5.91 Å². The third-order valence-electron chi connectivity index (χ3n) is 3.45. The fraction of sp³-hybridized carbons (Fsp3) is 0.353. The van der Waals surface area contributed by atoms with Gasteiger partial charge in [-0.25, -0.2) is 0 Å². The van der Waals surface area contributed by atoms with Crippen LogP contribution in [0.4, 0.5) is 11.4 Å². The molecular formula is C17H20N4O3. The molecule has 1 unspecified atom stereocenters. The Morgan fingerprint density at radius 3 is 2.88 bits per heavy atom. The molecule has 1 fully saturated rings. The highest BCUT2D eigenvalue weighted by Gasteiger charge is 2.17. The predicted octanol–water partition coefficient (Wildman–Crippen LogP) is 1.76. The van der Waals surface area contributed by atoms with Gasteiger partial charge in [0, 0.05) is 37.7 Å². The van der Waals surface area contributed by atoms with E-state index in [1.165, 1.54) is 13.1 Å². The van der Waals surface area contributed by atoms with Crippen LogP contribution in [-0.2, 0) is 14.3 Å². The lowest BCUT2D eigenvalue weighted by Gasteiger charge is -2.10. The zero-order valence-corrected chi connectivity index (χ0v) is 13.5. The van der Waals surface area contributed by atoms with Crippen LogP contribution in [0.5, 0.6) is 0 Å². The molecule has 2 rings (SSSR count). The Balaban J connectivity index is 1.93. The summed E-state index contributed by atoms with van der Waals surface area (Å²) in [6.07, 6.45) is 3.28. The third kappa shape index (κ3) is 5.41. The number of benzene rings is 1. The van der Waals surface area contributed by atoms with Crippen LogP contribution in [0.1, 0.15) is 19.8 Å². The number of nitriles is 1. The summed E-state index contributed by atoms with van der Waals surface area (Å²) in [5.41, 5.74) is 1.25. The number of carbonyl (C=O) groups is 2. The zero-order valence-electron chi connectivity index (χ0n) is 13.5. The number of rotatable bonds is 6. The van der Waals surface area contributed by atoms with Crippen molar-refractivity contribution < 1.29 is 14.3 Å². The second kappa shape index (κ2) is 8.70. The average Bonchev–Trinajstić information content (AvgIpc) is 3.06. The Hall–Kier alpha value is -2.85. The fourth-order valence-corrected chi connectivity index (χ4v) is 2.30. The molecule has 0 spiro atoms. The molecule has 7 heteroatoms. The van der Waals surface area contributed by atoms with Crippen molar-refractivity contribution in [2.75, 3.05) is 23.8 Å². The second-order valence-corrected chi connectivity index (χ2v) is 5.42. The number of nitrogens with zero attached hydrogens (tertiary/aromatic N) is 1. The first-order valence-electron chi connectivity index (χ1n) is 7.72. The van der Waals surface area contributed by atoms with Gasteiger partial charge in [-0.2, -0.15) is 5.26 Å². The quantitative estimate of drug-likeness (QED) is 0.545. The average molecular weight is 328 g/mol. The summed E-state index contributed by atoms with van der Waals surface area (Å²) in [7, 11) is 0. The number of amides is 2. The lowest BCUT2D eigenvalue weighted by atomic mass is 10.2. The molecule has 1 aliphatic rings. The third-order valence-corrected chi connectivity index (χ3v) is 3.45. The van der Waals surface area contributed by atoms with E-state index in [1.807, 2.05) is 6.07 Å². The van der Waals surface area contributed by atoms with Gasteiger partial charge in [-0.05, 0) is 31.0 Å². The van der Waals surface area contributed by atoms with E-state index in [9.17, 15) is 9.59 Å². The van der Waals surface area contributed by atoms with Crippen molar-refractivity contribution in [3.8, 4) is 6.07 Å². The molecular weight excluding hydrogens is 308 g/mol. The van der Waals surface area contributed by atoms with Gasteiger partial charge in [0.05, 0.1) is 6.10 Å². The second-order valence-electron chi connectivity index (χ2n) is 5.42. The lowest BCUT2D eigenvalue weighted by molar-refractivity contribution is -0.117. The van der Waals surface area contributed by atoms with Crippen LogP contribution in [0.3, 0.4) is 0 Å². The van der Waals surface area contributed by atoms with Gasteiger partial charge in [-0.1, -0.05) is 6.07 Å². The van der Waals surface area contributed by atoms with E-state index in [0.29, 0.717) is 24.5 Å². The van der Waals surface area contributed by atoms with Crippen molar-refractivity contribution in [3.05, 3.63) is 36.0 Å². The maximum absolute atomic E-state index is 12.0.